The Morgan fingerprint density at radius 2 is 2.28 bits per heavy atom. The van der Waals surface area contributed by atoms with Gasteiger partial charge in [0.1, 0.15) is 11.7 Å². The standard InChI is InChI=1S/C15H18O3/c1-8-4-7-15-11(8)12-10(9(2)13(16)17-12)5-6-14(15,3)18-15/h4,10-12H,2,5-7H2,1,3H3/t10?,11?,12?,14-,15+/m1/s1. The third kappa shape index (κ3) is 0.993. The van der Waals surface area contributed by atoms with Gasteiger partial charge in [-0.1, -0.05) is 18.2 Å². The molecule has 4 aliphatic rings. The lowest BCUT2D eigenvalue weighted by molar-refractivity contribution is -0.141. The van der Waals surface area contributed by atoms with Gasteiger partial charge in [0, 0.05) is 17.4 Å². The van der Waals surface area contributed by atoms with E-state index in [2.05, 4.69) is 26.5 Å². The minimum absolute atomic E-state index is 0.0248. The molecule has 3 fully saturated rings. The number of ether oxygens (including phenoxy) is 2. The summed E-state index contributed by atoms with van der Waals surface area (Å²) in [5.74, 6) is 0.219. The first-order valence-electron chi connectivity index (χ1n) is 6.75. The molecule has 3 unspecified atom stereocenters. The average Bonchev–Trinajstić information content (AvgIpc) is 2.65. The fourth-order valence-electron chi connectivity index (χ4n) is 4.45. The van der Waals surface area contributed by atoms with Crippen molar-refractivity contribution in [2.75, 3.05) is 0 Å². The topological polar surface area (TPSA) is 38.8 Å². The number of hydrogen-bond donors (Lipinski definition) is 0. The molecule has 1 saturated carbocycles. The zero-order chi connectivity index (χ0) is 12.7. The van der Waals surface area contributed by atoms with Crippen LogP contribution < -0.4 is 0 Å². The zero-order valence-electron chi connectivity index (χ0n) is 10.9. The van der Waals surface area contributed by atoms with Crippen LogP contribution in [-0.2, 0) is 14.3 Å². The molecule has 0 aromatic carbocycles. The van der Waals surface area contributed by atoms with Crippen LogP contribution in [0.2, 0.25) is 0 Å². The Morgan fingerprint density at radius 1 is 1.50 bits per heavy atom. The fraction of sp³-hybridized carbons (Fsp3) is 0.667. The highest BCUT2D eigenvalue weighted by molar-refractivity contribution is 5.91. The molecule has 0 N–H and O–H groups in total. The minimum atomic E-state index is -0.205. The van der Waals surface area contributed by atoms with Gasteiger partial charge in [0.25, 0.3) is 0 Å². The Morgan fingerprint density at radius 3 is 3.06 bits per heavy atom. The van der Waals surface area contributed by atoms with E-state index >= 15 is 0 Å². The Bertz CT molecular complexity index is 506. The molecule has 0 bridgehead atoms. The van der Waals surface area contributed by atoms with Gasteiger partial charge >= 0.3 is 5.97 Å². The van der Waals surface area contributed by atoms with Crippen molar-refractivity contribution in [2.24, 2.45) is 11.8 Å². The van der Waals surface area contributed by atoms with Crippen LogP contribution in [0, 0.1) is 11.8 Å². The van der Waals surface area contributed by atoms with Gasteiger partial charge in [-0.15, -0.1) is 0 Å². The van der Waals surface area contributed by atoms with E-state index in [1.807, 2.05) is 0 Å². The fourth-order valence-corrected chi connectivity index (χ4v) is 4.45. The molecule has 2 aliphatic heterocycles. The summed E-state index contributed by atoms with van der Waals surface area (Å²) in [6.45, 7) is 8.27. The van der Waals surface area contributed by atoms with E-state index < -0.39 is 0 Å². The molecule has 3 nitrogen and oxygen atoms in total. The van der Waals surface area contributed by atoms with E-state index in [0.29, 0.717) is 5.57 Å². The van der Waals surface area contributed by atoms with Crippen molar-refractivity contribution < 1.29 is 14.3 Å². The van der Waals surface area contributed by atoms with Crippen LogP contribution in [0.4, 0.5) is 0 Å². The number of rotatable bonds is 0. The largest absolute Gasteiger partial charge is 0.458 e. The highest BCUT2D eigenvalue weighted by Crippen LogP contribution is 2.67. The Kier molecular flexibility index (Phi) is 1.74. The molecule has 96 valence electrons. The van der Waals surface area contributed by atoms with Gasteiger partial charge in [-0.25, -0.2) is 4.79 Å². The maximum atomic E-state index is 11.8. The number of epoxide rings is 1. The van der Waals surface area contributed by atoms with Crippen molar-refractivity contribution in [3.8, 4) is 0 Å². The van der Waals surface area contributed by atoms with Gasteiger partial charge in [0.2, 0.25) is 0 Å². The third-order valence-electron chi connectivity index (χ3n) is 5.59. The summed E-state index contributed by atoms with van der Waals surface area (Å²) in [4.78, 5) is 11.8. The molecule has 18 heavy (non-hydrogen) atoms. The molecule has 0 amide bonds. The maximum absolute atomic E-state index is 11.8. The average molecular weight is 246 g/mol. The summed E-state index contributed by atoms with van der Waals surface area (Å²) in [7, 11) is 0. The lowest BCUT2D eigenvalue weighted by Gasteiger charge is -2.26. The van der Waals surface area contributed by atoms with E-state index in [1.165, 1.54) is 5.57 Å². The highest BCUT2D eigenvalue weighted by Gasteiger charge is 2.75. The second kappa shape index (κ2) is 2.90. The SMILES string of the molecule is C=C1C(=O)OC2C1CC[C@@]1(C)O[C@]13CC=C(C)C23. The molecule has 0 aromatic rings. The molecule has 2 aliphatic carbocycles. The Balaban J connectivity index is 1.81. The molecular weight excluding hydrogens is 228 g/mol. The van der Waals surface area contributed by atoms with Crippen LogP contribution in [0.15, 0.2) is 23.8 Å². The van der Waals surface area contributed by atoms with Gasteiger partial charge in [-0.2, -0.15) is 0 Å². The second-order valence-corrected chi connectivity index (χ2v) is 6.39. The molecule has 3 heteroatoms. The number of carbonyl (C=O) groups excluding carboxylic acids is 1. The van der Waals surface area contributed by atoms with Gasteiger partial charge in [-0.3, -0.25) is 0 Å². The Hall–Kier alpha value is -1.09. The summed E-state index contributed by atoms with van der Waals surface area (Å²) in [5.41, 5.74) is 1.86. The van der Waals surface area contributed by atoms with Crippen LogP contribution >= 0.6 is 0 Å². The van der Waals surface area contributed by atoms with Gasteiger partial charge in [0.05, 0.1) is 5.60 Å². The molecule has 5 atom stereocenters. The third-order valence-corrected chi connectivity index (χ3v) is 5.59. The quantitative estimate of drug-likeness (QED) is 0.285. The number of fused-ring (bicyclic) bond motifs is 2. The van der Waals surface area contributed by atoms with Crippen molar-refractivity contribution in [2.45, 2.75) is 50.4 Å². The minimum Gasteiger partial charge on any atom is -0.458 e. The van der Waals surface area contributed by atoms with E-state index in [0.717, 1.165) is 19.3 Å². The Labute approximate surface area is 107 Å². The summed E-state index contributed by atoms with van der Waals surface area (Å²) >= 11 is 0. The van der Waals surface area contributed by atoms with Gasteiger partial charge in [-0.05, 0) is 33.1 Å². The van der Waals surface area contributed by atoms with E-state index in [4.69, 9.17) is 9.47 Å². The smallest absolute Gasteiger partial charge is 0.334 e. The highest BCUT2D eigenvalue weighted by atomic mass is 16.6. The monoisotopic (exact) mass is 246 g/mol. The van der Waals surface area contributed by atoms with Crippen molar-refractivity contribution in [3.05, 3.63) is 23.8 Å². The first-order valence-corrected chi connectivity index (χ1v) is 6.75. The van der Waals surface area contributed by atoms with Crippen molar-refractivity contribution >= 4 is 5.97 Å². The summed E-state index contributed by atoms with van der Waals surface area (Å²) in [5, 5.41) is 0. The number of carbonyl (C=O) groups is 1. The van der Waals surface area contributed by atoms with Crippen LogP contribution in [0.3, 0.4) is 0 Å². The number of hydrogen-bond acceptors (Lipinski definition) is 3. The molecule has 0 radical (unpaired) electrons. The molecule has 1 spiro atoms. The van der Waals surface area contributed by atoms with Crippen LogP contribution in [0.5, 0.6) is 0 Å². The lowest BCUT2D eigenvalue weighted by atomic mass is 9.78. The maximum Gasteiger partial charge on any atom is 0.334 e. The number of esters is 1. The summed E-state index contributed by atoms with van der Waals surface area (Å²) < 4.78 is 11.8. The van der Waals surface area contributed by atoms with Crippen LogP contribution in [0.25, 0.3) is 0 Å². The van der Waals surface area contributed by atoms with E-state index in [9.17, 15) is 4.79 Å². The van der Waals surface area contributed by atoms with Crippen molar-refractivity contribution in [1.82, 2.24) is 0 Å². The predicted molar refractivity (Wildman–Crippen MR) is 65.8 cm³/mol. The van der Waals surface area contributed by atoms with Crippen LogP contribution in [-0.4, -0.2) is 23.3 Å². The normalized spacial score (nSPS) is 53.0. The molecule has 2 saturated heterocycles. The molecule has 4 rings (SSSR count). The molecular formula is C15H18O3. The first-order chi connectivity index (χ1) is 8.48. The van der Waals surface area contributed by atoms with E-state index in [1.54, 1.807) is 0 Å². The lowest BCUT2D eigenvalue weighted by Crippen LogP contribution is -2.37. The van der Waals surface area contributed by atoms with Crippen LogP contribution in [0.1, 0.15) is 33.1 Å². The molecule has 2 heterocycles. The van der Waals surface area contributed by atoms with Crippen molar-refractivity contribution in [3.63, 3.8) is 0 Å². The zero-order valence-corrected chi connectivity index (χ0v) is 10.9. The second-order valence-electron chi connectivity index (χ2n) is 6.39. The van der Waals surface area contributed by atoms with Gasteiger partial charge < -0.3 is 9.47 Å². The van der Waals surface area contributed by atoms with E-state index in [-0.39, 0.29) is 35.1 Å². The van der Waals surface area contributed by atoms with Gasteiger partial charge in [0.15, 0.2) is 0 Å². The predicted octanol–water partition coefficient (Wildman–Crippen LogP) is 2.37. The first kappa shape index (κ1) is 10.8. The molecule has 0 aromatic heterocycles. The summed E-state index contributed by atoms with van der Waals surface area (Å²) in [6, 6.07) is 0. The summed E-state index contributed by atoms with van der Waals surface area (Å²) in [6.07, 6.45) is 5.13. The van der Waals surface area contributed by atoms with Crippen molar-refractivity contribution in [1.29, 1.82) is 0 Å².